The number of carbonyl (C=O) groups is 1. The highest BCUT2D eigenvalue weighted by molar-refractivity contribution is 9.10. The van der Waals surface area contributed by atoms with Crippen LogP contribution in [-0.4, -0.2) is 15.8 Å². The van der Waals surface area contributed by atoms with Gasteiger partial charge >= 0.3 is 0 Å². The molecule has 8 aliphatic rings. The molecular weight excluding hydrogens is 362 g/mol. The van der Waals surface area contributed by atoms with Crippen molar-refractivity contribution >= 4 is 21.8 Å². The van der Waals surface area contributed by atoms with Gasteiger partial charge in [-0.2, -0.15) is 0 Å². The van der Waals surface area contributed by atoms with Gasteiger partial charge in [0.2, 0.25) is 5.91 Å². The van der Waals surface area contributed by atoms with Gasteiger partial charge in [0.05, 0.1) is 5.41 Å². The second-order valence-corrected chi connectivity index (χ2v) is 12.7. The topological polar surface area (TPSA) is 29.1 Å². The minimum atomic E-state index is -0.0308. The van der Waals surface area contributed by atoms with Crippen LogP contribution >= 0.6 is 15.9 Å². The first-order chi connectivity index (χ1) is 11.4. The summed E-state index contributed by atoms with van der Waals surface area (Å²) in [5.74, 6) is 4.80. The van der Waals surface area contributed by atoms with Crippen LogP contribution < -0.4 is 5.32 Å². The van der Waals surface area contributed by atoms with Crippen molar-refractivity contribution in [1.29, 1.82) is 0 Å². The summed E-state index contributed by atoms with van der Waals surface area (Å²) < 4.78 is 0.288. The van der Waals surface area contributed by atoms with Crippen molar-refractivity contribution in [1.82, 2.24) is 5.32 Å². The van der Waals surface area contributed by atoms with E-state index in [1.807, 2.05) is 0 Å². The van der Waals surface area contributed by atoms with E-state index < -0.39 is 0 Å². The maximum absolute atomic E-state index is 13.6. The molecule has 3 heteroatoms. The van der Waals surface area contributed by atoms with E-state index in [9.17, 15) is 4.79 Å². The van der Waals surface area contributed by atoms with Crippen molar-refractivity contribution in [3.8, 4) is 0 Å². The first-order valence-corrected chi connectivity index (χ1v) is 11.2. The molecule has 8 fully saturated rings. The molecule has 0 aromatic rings. The molecule has 0 aliphatic heterocycles. The van der Waals surface area contributed by atoms with Gasteiger partial charge in [-0.1, -0.05) is 15.9 Å². The normalized spacial score (nSPS) is 59.8. The van der Waals surface area contributed by atoms with Crippen LogP contribution in [0.5, 0.6) is 0 Å². The summed E-state index contributed by atoms with van der Waals surface area (Å²) in [6, 6.07) is 0. The molecule has 8 bridgehead atoms. The molecule has 24 heavy (non-hydrogen) atoms. The molecule has 8 aliphatic carbocycles. The van der Waals surface area contributed by atoms with E-state index in [1.165, 1.54) is 70.6 Å². The number of halogens is 1. The van der Waals surface area contributed by atoms with Gasteiger partial charge in [0.15, 0.2) is 0 Å². The van der Waals surface area contributed by atoms with Gasteiger partial charge in [-0.25, -0.2) is 0 Å². The van der Waals surface area contributed by atoms with Crippen molar-refractivity contribution in [2.24, 2.45) is 35.0 Å². The third-order valence-electron chi connectivity index (χ3n) is 8.89. The summed E-state index contributed by atoms with van der Waals surface area (Å²) in [5, 5.41) is 3.74. The van der Waals surface area contributed by atoms with Gasteiger partial charge in [0.25, 0.3) is 0 Å². The summed E-state index contributed by atoms with van der Waals surface area (Å²) in [7, 11) is 0. The fourth-order valence-corrected chi connectivity index (χ4v) is 10.5. The Morgan fingerprint density at radius 1 is 0.750 bits per heavy atom. The van der Waals surface area contributed by atoms with E-state index in [0.717, 1.165) is 36.0 Å². The lowest BCUT2D eigenvalue weighted by molar-refractivity contribution is -0.149. The monoisotopic (exact) mass is 391 g/mol. The molecule has 0 unspecified atom stereocenters. The SMILES string of the molecule is O=C(NC12CC3CC(CC(C3)C1)C2)C12C[C@@H]3C[C@H](CC(Br)(C3)C1)C2. The van der Waals surface area contributed by atoms with Gasteiger partial charge in [0, 0.05) is 9.86 Å². The maximum atomic E-state index is 13.6. The first kappa shape index (κ1) is 15.1. The highest BCUT2D eigenvalue weighted by Gasteiger charge is 2.61. The number of nitrogens with one attached hydrogen (secondary N) is 1. The molecule has 0 radical (unpaired) electrons. The molecular formula is C21H30BrNO. The van der Waals surface area contributed by atoms with Gasteiger partial charge in [-0.05, 0) is 107 Å². The number of hydrogen-bond acceptors (Lipinski definition) is 1. The third-order valence-corrected chi connectivity index (χ3v) is 9.82. The zero-order valence-corrected chi connectivity index (χ0v) is 16.2. The van der Waals surface area contributed by atoms with Crippen LogP contribution in [0.1, 0.15) is 77.0 Å². The summed E-state index contributed by atoms with van der Waals surface area (Å²) in [6.07, 6.45) is 15.7. The van der Waals surface area contributed by atoms with Crippen LogP contribution in [0.15, 0.2) is 0 Å². The van der Waals surface area contributed by atoms with Gasteiger partial charge in [-0.15, -0.1) is 0 Å². The predicted octanol–water partition coefficient (Wildman–Crippen LogP) is 4.81. The quantitative estimate of drug-likeness (QED) is 0.672. The molecule has 1 N–H and O–H groups in total. The lowest BCUT2D eigenvalue weighted by Crippen LogP contribution is -2.65. The minimum absolute atomic E-state index is 0.0308. The average Bonchev–Trinajstić information content (AvgIpc) is 2.42. The Morgan fingerprint density at radius 2 is 1.25 bits per heavy atom. The molecule has 132 valence electrons. The third kappa shape index (κ3) is 2.09. The molecule has 0 aromatic heterocycles. The minimum Gasteiger partial charge on any atom is -0.350 e. The summed E-state index contributed by atoms with van der Waals surface area (Å²) in [6.45, 7) is 0. The van der Waals surface area contributed by atoms with Crippen LogP contribution in [0.2, 0.25) is 0 Å². The molecule has 0 saturated heterocycles. The highest BCUT2D eigenvalue weighted by atomic mass is 79.9. The summed E-state index contributed by atoms with van der Waals surface area (Å²) in [4.78, 5) is 13.6. The molecule has 0 spiro atoms. The van der Waals surface area contributed by atoms with Gasteiger partial charge < -0.3 is 5.32 Å². The Balaban J connectivity index is 1.27. The van der Waals surface area contributed by atoms with E-state index in [0.29, 0.717) is 5.91 Å². The van der Waals surface area contributed by atoms with Crippen molar-refractivity contribution < 1.29 is 4.79 Å². The lowest BCUT2D eigenvalue weighted by Gasteiger charge is -2.61. The molecule has 2 nitrogen and oxygen atoms in total. The zero-order valence-electron chi connectivity index (χ0n) is 14.7. The van der Waals surface area contributed by atoms with E-state index in [2.05, 4.69) is 21.2 Å². The molecule has 2 atom stereocenters. The summed E-state index contributed by atoms with van der Waals surface area (Å²) >= 11 is 4.07. The fourth-order valence-electron chi connectivity index (χ4n) is 9.05. The number of hydrogen-bond donors (Lipinski definition) is 1. The molecule has 8 rings (SSSR count). The number of carbonyl (C=O) groups excluding carboxylic acids is 1. The van der Waals surface area contributed by atoms with Crippen LogP contribution in [0.3, 0.4) is 0 Å². The maximum Gasteiger partial charge on any atom is 0.226 e. The molecule has 0 heterocycles. The Morgan fingerprint density at radius 3 is 1.75 bits per heavy atom. The lowest BCUT2D eigenvalue weighted by atomic mass is 9.48. The van der Waals surface area contributed by atoms with E-state index >= 15 is 0 Å². The van der Waals surface area contributed by atoms with Crippen LogP contribution in [-0.2, 0) is 4.79 Å². The Kier molecular flexibility index (Phi) is 2.89. The summed E-state index contributed by atoms with van der Waals surface area (Å²) in [5.41, 5.74) is 0.158. The second-order valence-electron chi connectivity index (χ2n) is 11.0. The number of rotatable bonds is 2. The Hall–Kier alpha value is -0.0500. The largest absolute Gasteiger partial charge is 0.350 e. The van der Waals surface area contributed by atoms with E-state index in [-0.39, 0.29) is 15.3 Å². The van der Waals surface area contributed by atoms with Crippen LogP contribution in [0.4, 0.5) is 0 Å². The van der Waals surface area contributed by atoms with E-state index in [1.54, 1.807) is 0 Å². The molecule has 1 amide bonds. The van der Waals surface area contributed by atoms with Crippen LogP contribution in [0, 0.1) is 35.0 Å². The second kappa shape index (κ2) is 4.61. The smallest absolute Gasteiger partial charge is 0.226 e. The number of amides is 1. The predicted molar refractivity (Wildman–Crippen MR) is 97.8 cm³/mol. The average molecular weight is 392 g/mol. The van der Waals surface area contributed by atoms with Crippen LogP contribution in [0.25, 0.3) is 0 Å². The Bertz CT molecular complexity index is 549. The van der Waals surface area contributed by atoms with E-state index in [4.69, 9.17) is 0 Å². The first-order valence-electron chi connectivity index (χ1n) is 10.4. The van der Waals surface area contributed by atoms with Crippen molar-refractivity contribution in [2.75, 3.05) is 0 Å². The number of alkyl halides is 1. The zero-order chi connectivity index (χ0) is 16.2. The Labute approximate surface area is 154 Å². The fraction of sp³-hybridized carbons (Fsp3) is 0.952. The highest BCUT2D eigenvalue weighted by Crippen LogP contribution is 2.65. The molecule has 0 aromatic carbocycles. The van der Waals surface area contributed by atoms with Crippen molar-refractivity contribution in [3.05, 3.63) is 0 Å². The molecule has 8 saturated carbocycles. The van der Waals surface area contributed by atoms with Gasteiger partial charge in [0.1, 0.15) is 0 Å². The van der Waals surface area contributed by atoms with Crippen molar-refractivity contribution in [3.63, 3.8) is 0 Å². The van der Waals surface area contributed by atoms with Gasteiger partial charge in [-0.3, -0.25) is 4.79 Å². The standard InChI is InChI=1S/C21H30BrNO/c22-20-7-16-4-17(8-20)6-19(5-16,12-20)18(24)23-21-9-13-1-14(10-21)3-15(2-13)11-21/h13-17H,1-12H2,(H,23,24)/t13?,14?,15?,16-,17-,19?,20?,21?/m0/s1. The van der Waals surface area contributed by atoms with Crippen molar-refractivity contribution in [2.45, 2.75) is 86.9 Å².